The van der Waals surface area contributed by atoms with Gasteiger partial charge in [0, 0.05) is 50.6 Å². The van der Waals surface area contributed by atoms with Gasteiger partial charge in [-0.15, -0.1) is 5.10 Å². The number of rotatable bonds is 5. The van der Waals surface area contributed by atoms with Crippen LogP contribution < -0.4 is 5.32 Å². The molecule has 0 fully saturated rings. The van der Waals surface area contributed by atoms with E-state index in [0.29, 0.717) is 29.1 Å². The van der Waals surface area contributed by atoms with Crippen molar-refractivity contribution in [2.75, 3.05) is 5.32 Å². The molecule has 2 N–H and O–H groups in total. The third kappa shape index (κ3) is 3.30. The van der Waals surface area contributed by atoms with Crippen LogP contribution in [0.2, 0.25) is 0 Å². The van der Waals surface area contributed by atoms with Crippen molar-refractivity contribution in [3.63, 3.8) is 0 Å². The van der Waals surface area contributed by atoms with Gasteiger partial charge in [-0.25, -0.2) is 24.5 Å². The van der Waals surface area contributed by atoms with Crippen LogP contribution in [0.1, 0.15) is 11.4 Å². The second-order valence-corrected chi connectivity index (χ2v) is 7.12. The van der Waals surface area contributed by atoms with Crippen molar-refractivity contribution in [2.24, 2.45) is 14.1 Å². The molecule has 0 aliphatic carbocycles. The minimum absolute atomic E-state index is 0.249. The van der Waals surface area contributed by atoms with E-state index in [-0.39, 0.29) is 6.61 Å². The highest BCUT2D eigenvalue weighted by molar-refractivity contribution is 5.83. The van der Waals surface area contributed by atoms with Crippen LogP contribution in [0.15, 0.2) is 43.1 Å². The van der Waals surface area contributed by atoms with Gasteiger partial charge >= 0.3 is 0 Å². The highest BCUT2D eigenvalue weighted by atomic mass is 16.3. The predicted molar refractivity (Wildman–Crippen MR) is 113 cm³/mol. The molecule has 5 aromatic rings. The summed E-state index contributed by atoms with van der Waals surface area (Å²) >= 11 is 0. The van der Waals surface area contributed by atoms with Crippen LogP contribution in [0, 0.1) is 6.92 Å². The Kier molecular flexibility index (Phi) is 4.44. The summed E-state index contributed by atoms with van der Waals surface area (Å²) in [5.74, 6) is 2.50. The zero-order chi connectivity index (χ0) is 21.5. The summed E-state index contributed by atoms with van der Waals surface area (Å²) in [6.45, 7) is 1.76. The molecule has 156 valence electrons. The van der Waals surface area contributed by atoms with E-state index in [0.717, 1.165) is 22.3 Å². The molecule has 31 heavy (non-hydrogen) atoms. The fourth-order valence-corrected chi connectivity index (χ4v) is 3.48. The Bertz CT molecular complexity index is 1400. The molecule has 0 saturated heterocycles. The third-order valence-electron chi connectivity index (χ3n) is 4.99. The van der Waals surface area contributed by atoms with Gasteiger partial charge < -0.3 is 15.0 Å². The first-order valence-electron chi connectivity index (χ1n) is 9.61. The van der Waals surface area contributed by atoms with Crippen LogP contribution in [0.3, 0.4) is 0 Å². The van der Waals surface area contributed by atoms with Crippen LogP contribution >= 0.6 is 0 Å². The molecule has 0 unspecified atom stereocenters. The van der Waals surface area contributed by atoms with Gasteiger partial charge in [-0.05, 0) is 24.6 Å². The number of imidazole rings is 1. The van der Waals surface area contributed by atoms with E-state index in [1.807, 2.05) is 50.2 Å². The maximum atomic E-state index is 9.37. The first kappa shape index (κ1) is 18.9. The van der Waals surface area contributed by atoms with Gasteiger partial charge in [0.05, 0.1) is 5.69 Å². The fraction of sp³-hybridized carbons (Fsp3) is 0.200. The molecule has 5 rings (SSSR count). The van der Waals surface area contributed by atoms with E-state index in [2.05, 4.69) is 25.4 Å². The van der Waals surface area contributed by atoms with Crippen LogP contribution in [0.5, 0.6) is 0 Å². The van der Waals surface area contributed by atoms with Crippen LogP contribution in [0.4, 0.5) is 11.6 Å². The van der Waals surface area contributed by atoms with E-state index < -0.39 is 0 Å². The van der Waals surface area contributed by atoms with Crippen LogP contribution in [-0.2, 0) is 20.7 Å². The minimum atomic E-state index is -0.249. The Morgan fingerprint density at radius 2 is 1.90 bits per heavy atom. The topological polar surface area (TPSA) is 124 Å². The summed E-state index contributed by atoms with van der Waals surface area (Å²) in [4.78, 5) is 17.5. The van der Waals surface area contributed by atoms with Crippen LogP contribution in [0.25, 0.3) is 28.4 Å². The lowest BCUT2D eigenvalue weighted by Gasteiger charge is -2.10. The van der Waals surface area contributed by atoms with E-state index in [1.165, 1.54) is 0 Å². The van der Waals surface area contributed by atoms with Gasteiger partial charge in [0.2, 0.25) is 5.82 Å². The molecular formula is C20H20N10O. The molecule has 0 radical (unpaired) electrons. The van der Waals surface area contributed by atoms with Crippen molar-refractivity contribution in [1.82, 2.24) is 43.9 Å². The minimum Gasteiger partial charge on any atom is -0.388 e. The van der Waals surface area contributed by atoms with Gasteiger partial charge in [0.15, 0.2) is 17.5 Å². The Hall–Kier alpha value is -4.12. The normalized spacial score (nSPS) is 11.4. The number of nitrogens with one attached hydrogen (secondary N) is 1. The Morgan fingerprint density at radius 3 is 2.61 bits per heavy atom. The number of hydrogen-bond donors (Lipinski definition) is 2. The summed E-state index contributed by atoms with van der Waals surface area (Å²) in [5, 5.41) is 21.9. The summed E-state index contributed by atoms with van der Waals surface area (Å²) in [6, 6.07) is 3.68. The quantitative estimate of drug-likeness (QED) is 0.445. The Balaban J connectivity index is 1.72. The van der Waals surface area contributed by atoms with Crippen LogP contribution in [-0.4, -0.2) is 49.0 Å². The van der Waals surface area contributed by atoms with Gasteiger partial charge in [-0.2, -0.15) is 5.10 Å². The number of aliphatic hydroxyl groups is 1. The molecule has 0 spiro atoms. The maximum Gasteiger partial charge on any atom is 0.218 e. The number of aryl methyl sites for hydroxylation is 3. The van der Waals surface area contributed by atoms with E-state index in [9.17, 15) is 5.11 Å². The molecule has 0 bridgehead atoms. The first-order chi connectivity index (χ1) is 15.0. The number of fused-ring (bicyclic) bond motifs is 1. The summed E-state index contributed by atoms with van der Waals surface area (Å²) in [5.41, 5.74) is 3.57. The molecular weight excluding hydrogens is 396 g/mol. The Morgan fingerprint density at radius 1 is 1.03 bits per heavy atom. The number of nitrogens with zero attached hydrogens (tertiary/aromatic N) is 9. The lowest BCUT2D eigenvalue weighted by Crippen LogP contribution is -2.07. The van der Waals surface area contributed by atoms with Gasteiger partial charge in [-0.3, -0.25) is 4.68 Å². The number of hydrogen-bond acceptors (Lipinski definition) is 8. The molecule has 0 aliphatic heterocycles. The second-order valence-electron chi connectivity index (χ2n) is 7.12. The predicted octanol–water partition coefficient (Wildman–Crippen LogP) is 1.86. The molecule has 0 saturated carbocycles. The van der Waals surface area contributed by atoms with Crippen molar-refractivity contribution < 1.29 is 5.11 Å². The number of aromatic nitrogens is 9. The van der Waals surface area contributed by atoms with E-state index in [4.69, 9.17) is 10.1 Å². The number of anilines is 2. The zero-order valence-corrected chi connectivity index (χ0v) is 17.2. The van der Waals surface area contributed by atoms with Crippen molar-refractivity contribution in [2.45, 2.75) is 13.5 Å². The second kappa shape index (κ2) is 7.29. The molecule has 0 atom stereocenters. The van der Waals surface area contributed by atoms with Gasteiger partial charge in [0.25, 0.3) is 0 Å². The lowest BCUT2D eigenvalue weighted by molar-refractivity contribution is 0.271. The van der Waals surface area contributed by atoms with E-state index >= 15 is 0 Å². The average molecular weight is 416 g/mol. The van der Waals surface area contributed by atoms with Crippen molar-refractivity contribution in [3.8, 4) is 22.9 Å². The van der Waals surface area contributed by atoms with Crippen molar-refractivity contribution in [1.29, 1.82) is 0 Å². The molecule has 0 aliphatic rings. The summed E-state index contributed by atoms with van der Waals surface area (Å²) in [6.07, 6.45) is 8.97. The SMILES string of the molecule is Cc1c(-c2ccn(C)n2)cn2nc(-c3nccn3C)nc(Nc3ccnc(CO)n3)c12. The molecule has 11 nitrogen and oxygen atoms in total. The maximum absolute atomic E-state index is 9.37. The molecule has 0 aromatic carbocycles. The largest absolute Gasteiger partial charge is 0.388 e. The monoisotopic (exact) mass is 416 g/mol. The molecule has 5 heterocycles. The highest BCUT2D eigenvalue weighted by Gasteiger charge is 2.19. The van der Waals surface area contributed by atoms with Gasteiger partial charge in [-0.1, -0.05) is 0 Å². The average Bonchev–Trinajstić information content (AvgIpc) is 3.47. The number of aliphatic hydroxyl groups excluding tert-OH is 1. The smallest absolute Gasteiger partial charge is 0.218 e. The summed E-state index contributed by atoms with van der Waals surface area (Å²) < 4.78 is 5.40. The zero-order valence-electron chi connectivity index (χ0n) is 17.2. The lowest BCUT2D eigenvalue weighted by atomic mass is 10.1. The standard InChI is InChI=1S/C20H20N10O/c1-12-13(14-5-8-29(3)26-14)10-30-17(12)18(24-15-4-6-21-16(11-31)23-15)25-19(27-30)20-22-7-9-28(20)2/h4-10,31H,11H2,1-3H3,(H,21,23,24,25,27). The van der Waals surface area contributed by atoms with Crippen molar-refractivity contribution in [3.05, 3.63) is 54.5 Å². The fourth-order valence-electron chi connectivity index (χ4n) is 3.48. The summed E-state index contributed by atoms with van der Waals surface area (Å²) in [7, 11) is 3.77. The molecule has 0 amide bonds. The molecule has 5 aromatic heterocycles. The van der Waals surface area contributed by atoms with Gasteiger partial charge in [0.1, 0.15) is 17.9 Å². The van der Waals surface area contributed by atoms with Crippen molar-refractivity contribution >= 4 is 17.2 Å². The Labute approximate surface area is 177 Å². The van der Waals surface area contributed by atoms with E-state index in [1.54, 1.807) is 27.7 Å². The third-order valence-corrected chi connectivity index (χ3v) is 4.99. The highest BCUT2D eigenvalue weighted by Crippen LogP contribution is 2.32. The molecule has 11 heteroatoms. The first-order valence-corrected chi connectivity index (χ1v) is 9.61.